The van der Waals surface area contributed by atoms with Crippen LogP contribution in [0.4, 0.5) is 4.39 Å². The van der Waals surface area contributed by atoms with Crippen LogP contribution in [0.2, 0.25) is 0 Å². The van der Waals surface area contributed by atoms with E-state index in [-0.39, 0.29) is 5.56 Å². The Hall–Kier alpha value is -1.69. The average molecular weight is 325 g/mol. The summed E-state index contributed by atoms with van der Waals surface area (Å²) in [5.41, 5.74) is 4.95. The number of amides is 1. The maximum absolute atomic E-state index is 13.4. The number of hydrazine groups is 1. The first-order valence-corrected chi connectivity index (χ1v) is 8.04. The van der Waals surface area contributed by atoms with Crippen LogP contribution >= 0.6 is 12.2 Å². The Morgan fingerprint density at radius 1 is 1.27 bits per heavy atom. The molecule has 0 spiro atoms. The smallest absolute Gasteiger partial charge is 0.272 e. The summed E-state index contributed by atoms with van der Waals surface area (Å²) in [5, 5.41) is 3.37. The number of benzene rings is 1. The summed E-state index contributed by atoms with van der Waals surface area (Å²) in [6.45, 7) is 5.08. The molecule has 0 radical (unpaired) electrons. The maximum Gasteiger partial charge on any atom is 0.272 e. The highest BCUT2D eigenvalue weighted by Gasteiger charge is 2.10. The van der Waals surface area contributed by atoms with Crippen molar-refractivity contribution < 1.29 is 9.18 Å². The van der Waals surface area contributed by atoms with Gasteiger partial charge in [-0.2, -0.15) is 0 Å². The van der Waals surface area contributed by atoms with Gasteiger partial charge < -0.3 is 5.32 Å². The summed E-state index contributed by atoms with van der Waals surface area (Å²) in [7, 11) is 0. The summed E-state index contributed by atoms with van der Waals surface area (Å²) in [4.78, 5) is 11.8. The summed E-state index contributed by atoms with van der Waals surface area (Å²) in [6, 6.07) is 5.79. The first kappa shape index (κ1) is 18.4. The van der Waals surface area contributed by atoms with Gasteiger partial charge in [-0.05, 0) is 36.7 Å². The molecule has 0 saturated carbocycles. The van der Waals surface area contributed by atoms with E-state index < -0.39 is 11.7 Å². The molecule has 0 unspecified atom stereocenters. The van der Waals surface area contributed by atoms with Crippen molar-refractivity contribution in [2.75, 3.05) is 6.54 Å². The van der Waals surface area contributed by atoms with Crippen LogP contribution in [-0.4, -0.2) is 17.6 Å². The van der Waals surface area contributed by atoms with E-state index in [1.807, 2.05) is 0 Å². The van der Waals surface area contributed by atoms with Crippen molar-refractivity contribution in [1.29, 1.82) is 0 Å². The van der Waals surface area contributed by atoms with Gasteiger partial charge in [-0.25, -0.2) is 4.39 Å². The van der Waals surface area contributed by atoms with E-state index in [1.165, 1.54) is 37.5 Å². The van der Waals surface area contributed by atoms with Crippen molar-refractivity contribution >= 4 is 23.2 Å². The molecule has 3 N–H and O–H groups in total. The largest absolute Gasteiger partial charge is 0.361 e. The predicted octanol–water partition coefficient (Wildman–Crippen LogP) is 3.15. The molecule has 1 aromatic rings. The molecule has 0 aliphatic carbocycles. The monoisotopic (exact) mass is 325 g/mol. The van der Waals surface area contributed by atoms with Crippen LogP contribution in [0.3, 0.4) is 0 Å². The lowest BCUT2D eigenvalue weighted by molar-refractivity contribution is 0.0939. The maximum atomic E-state index is 13.4. The zero-order valence-electron chi connectivity index (χ0n) is 13.1. The Labute approximate surface area is 136 Å². The normalized spacial score (nSPS) is 11.6. The molecule has 22 heavy (non-hydrogen) atoms. The molecular formula is C16H24FN3OS. The van der Waals surface area contributed by atoms with E-state index in [9.17, 15) is 9.18 Å². The van der Waals surface area contributed by atoms with Crippen LogP contribution in [0.25, 0.3) is 0 Å². The van der Waals surface area contributed by atoms with Crippen LogP contribution in [0.5, 0.6) is 0 Å². The van der Waals surface area contributed by atoms with Crippen LogP contribution in [0, 0.1) is 11.7 Å². The van der Waals surface area contributed by atoms with Crippen LogP contribution in [0.1, 0.15) is 49.9 Å². The topological polar surface area (TPSA) is 53.2 Å². The van der Waals surface area contributed by atoms with Crippen molar-refractivity contribution in [1.82, 2.24) is 16.2 Å². The average Bonchev–Trinajstić information content (AvgIpc) is 2.51. The molecule has 1 aromatic carbocycles. The Morgan fingerprint density at radius 2 is 2.00 bits per heavy atom. The van der Waals surface area contributed by atoms with Gasteiger partial charge in [0.2, 0.25) is 0 Å². The van der Waals surface area contributed by atoms with Crippen LogP contribution < -0.4 is 16.2 Å². The second-order valence-corrected chi connectivity index (χ2v) is 5.78. The quantitative estimate of drug-likeness (QED) is 0.409. The second-order valence-electron chi connectivity index (χ2n) is 5.37. The summed E-state index contributed by atoms with van der Waals surface area (Å²) in [5.74, 6) is -0.614. The van der Waals surface area contributed by atoms with E-state index in [0.717, 1.165) is 13.0 Å². The van der Waals surface area contributed by atoms with Gasteiger partial charge in [0.05, 0.1) is 5.56 Å². The first-order valence-electron chi connectivity index (χ1n) is 7.63. The van der Waals surface area contributed by atoms with E-state index in [0.29, 0.717) is 11.0 Å². The summed E-state index contributed by atoms with van der Waals surface area (Å²) in [6.07, 6.45) is 4.81. The van der Waals surface area contributed by atoms with E-state index in [1.54, 1.807) is 6.07 Å². The first-order chi connectivity index (χ1) is 10.5. The van der Waals surface area contributed by atoms with E-state index in [2.05, 4.69) is 30.0 Å². The Morgan fingerprint density at radius 3 is 2.68 bits per heavy atom. The summed E-state index contributed by atoms with van der Waals surface area (Å²) < 4.78 is 13.4. The van der Waals surface area contributed by atoms with Crippen LogP contribution in [-0.2, 0) is 0 Å². The number of hydrogen-bond donors (Lipinski definition) is 3. The molecule has 0 saturated heterocycles. The van der Waals surface area contributed by atoms with Crippen molar-refractivity contribution in [2.24, 2.45) is 5.92 Å². The van der Waals surface area contributed by atoms with Crippen molar-refractivity contribution in [3.8, 4) is 0 Å². The fourth-order valence-electron chi connectivity index (χ4n) is 1.98. The Kier molecular flexibility index (Phi) is 8.43. The number of rotatable bonds is 7. The standard InChI is InChI=1S/C16H24FN3OS/c1-3-4-5-8-12(2)11-18-16(22)20-19-15(21)13-9-6-7-10-14(13)17/h6-7,9-10,12H,3-5,8,11H2,1-2H3,(H,19,21)(H2,18,20,22)/t12-/m0/s1. The van der Waals surface area contributed by atoms with Gasteiger partial charge in [-0.15, -0.1) is 0 Å². The lowest BCUT2D eigenvalue weighted by Gasteiger charge is -2.15. The molecule has 1 rings (SSSR count). The van der Waals surface area contributed by atoms with Gasteiger partial charge in [0.25, 0.3) is 5.91 Å². The SMILES string of the molecule is CCCCC[C@H](C)CNC(=S)NNC(=O)c1ccccc1F. The Balaban J connectivity index is 2.26. The molecule has 0 aromatic heterocycles. The molecule has 0 heterocycles. The highest BCUT2D eigenvalue weighted by atomic mass is 32.1. The van der Waals surface area contributed by atoms with Crippen molar-refractivity contribution in [3.63, 3.8) is 0 Å². The number of halogens is 1. The minimum Gasteiger partial charge on any atom is -0.361 e. The van der Waals surface area contributed by atoms with Crippen molar-refractivity contribution in [2.45, 2.75) is 39.5 Å². The number of unbranched alkanes of at least 4 members (excludes halogenated alkanes) is 2. The fraction of sp³-hybridized carbons (Fsp3) is 0.500. The van der Waals surface area contributed by atoms with Gasteiger partial charge in [-0.1, -0.05) is 45.2 Å². The number of carbonyl (C=O) groups excluding carboxylic acids is 1. The van der Waals surface area contributed by atoms with Gasteiger partial charge >= 0.3 is 0 Å². The molecule has 1 atom stereocenters. The molecule has 0 aliphatic heterocycles. The predicted molar refractivity (Wildman–Crippen MR) is 90.9 cm³/mol. The van der Waals surface area contributed by atoms with Gasteiger partial charge in [0, 0.05) is 6.54 Å². The third-order valence-electron chi connectivity index (χ3n) is 3.32. The molecule has 0 bridgehead atoms. The fourth-order valence-corrected chi connectivity index (χ4v) is 2.12. The molecule has 0 aliphatic rings. The molecular weight excluding hydrogens is 301 g/mol. The molecule has 0 fully saturated rings. The summed E-state index contributed by atoms with van der Waals surface area (Å²) >= 11 is 5.08. The third kappa shape index (κ3) is 6.85. The molecule has 4 nitrogen and oxygen atoms in total. The zero-order chi connectivity index (χ0) is 16.4. The second kappa shape index (κ2) is 10.1. The number of thiocarbonyl (C=S) groups is 1. The highest BCUT2D eigenvalue weighted by molar-refractivity contribution is 7.80. The Bertz CT molecular complexity index is 496. The van der Waals surface area contributed by atoms with Gasteiger partial charge in [0.1, 0.15) is 5.82 Å². The number of nitrogens with one attached hydrogen (secondary N) is 3. The van der Waals surface area contributed by atoms with Gasteiger partial charge in [-0.3, -0.25) is 15.6 Å². The zero-order valence-corrected chi connectivity index (χ0v) is 13.9. The molecule has 122 valence electrons. The van der Waals surface area contributed by atoms with Crippen molar-refractivity contribution in [3.05, 3.63) is 35.6 Å². The van der Waals surface area contributed by atoms with E-state index in [4.69, 9.17) is 12.2 Å². The van der Waals surface area contributed by atoms with Crippen LogP contribution in [0.15, 0.2) is 24.3 Å². The number of carbonyl (C=O) groups is 1. The minimum absolute atomic E-state index is 0.0225. The van der Waals surface area contributed by atoms with E-state index >= 15 is 0 Å². The minimum atomic E-state index is -0.565. The lowest BCUT2D eigenvalue weighted by Crippen LogP contribution is -2.47. The van der Waals surface area contributed by atoms with Gasteiger partial charge in [0.15, 0.2) is 5.11 Å². The molecule has 6 heteroatoms. The third-order valence-corrected chi connectivity index (χ3v) is 3.57. The molecule has 1 amide bonds. The highest BCUT2D eigenvalue weighted by Crippen LogP contribution is 2.08. The number of hydrogen-bond acceptors (Lipinski definition) is 2. The lowest BCUT2D eigenvalue weighted by atomic mass is 10.0.